The van der Waals surface area contributed by atoms with E-state index in [-0.39, 0.29) is 4.29 Å². The number of hydrogen-bond donors (Lipinski definition) is 0. The summed E-state index contributed by atoms with van der Waals surface area (Å²) >= 11 is 9.23. The predicted octanol–water partition coefficient (Wildman–Crippen LogP) is 4.11. The molecule has 0 saturated heterocycles. The molecule has 0 aliphatic carbocycles. The molecule has 1 rings (SSSR count). The Hall–Kier alpha value is -0.210. The van der Waals surface area contributed by atoms with E-state index in [9.17, 15) is 0 Å². The number of ether oxygens (including phenoxy) is 1. The smallest absolute Gasteiger partial charge is 0.124 e. The van der Waals surface area contributed by atoms with E-state index in [0.29, 0.717) is 0 Å². The van der Waals surface area contributed by atoms with Crippen molar-refractivity contribution in [1.29, 1.82) is 0 Å². The van der Waals surface area contributed by atoms with Crippen LogP contribution in [0.3, 0.4) is 0 Å². The van der Waals surface area contributed by atoms with Gasteiger partial charge in [0.25, 0.3) is 0 Å². The zero-order valence-electron chi connectivity index (χ0n) is 7.47. The number of rotatable bonds is 4. The summed E-state index contributed by atoms with van der Waals surface area (Å²) in [6.45, 7) is 2.81. The Morgan fingerprint density at radius 2 is 2.15 bits per heavy atom. The molecule has 0 aliphatic rings. The van der Waals surface area contributed by atoms with E-state index in [0.717, 1.165) is 24.3 Å². The molecule has 3 heteroatoms. The molecular weight excluding hydrogens is 251 g/mol. The summed E-state index contributed by atoms with van der Waals surface area (Å²) < 4.78 is 5.35. The van der Waals surface area contributed by atoms with Gasteiger partial charge in [-0.15, -0.1) is 11.6 Å². The van der Waals surface area contributed by atoms with E-state index >= 15 is 0 Å². The molecule has 0 bridgehead atoms. The van der Waals surface area contributed by atoms with E-state index in [1.807, 2.05) is 24.3 Å². The SMILES string of the molecule is CCCOc1ccccc1C(Cl)Br. The van der Waals surface area contributed by atoms with Gasteiger partial charge in [0.2, 0.25) is 0 Å². The molecule has 1 nitrogen and oxygen atoms in total. The van der Waals surface area contributed by atoms with Crippen molar-refractivity contribution in [2.75, 3.05) is 6.61 Å². The number of benzene rings is 1. The molecule has 13 heavy (non-hydrogen) atoms. The largest absolute Gasteiger partial charge is 0.493 e. The molecule has 0 amide bonds. The molecule has 0 radical (unpaired) electrons. The highest BCUT2D eigenvalue weighted by Gasteiger charge is 2.08. The Labute approximate surface area is 92.2 Å². The maximum absolute atomic E-state index is 5.92. The van der Waals surface area contributed by atoms with E-state index in [1.54, 1.807) is 0 Å². The summed E-state index contributed by atoms with van der Waals surface area (Å²) in [5, 5.41) is 0. The molecule has 0 saturated carbocycles. The Morgan fingerprint density at radius 3 is 2.77 bits per heavy atom. The van der Waals surface area contributed by atoms with E-state index in [4.69, 9.17) is 16.3 Å². The van der Waals surface area contributed by atoms with Gasteiger partial charge in [0.15, 0.2) is 0 Å². The topological polar surface area (TPSA) is 9.23 Å². The van der Waals surface area contributed by atoms with Crippen molar-refractivity contribution >= 4 is 27.5 Å². The molecule has 0 aliphatic heterocycles. The van der Waals surface area contributed by atoms with Gasteiger partial charge in [-0.1, -0.05) is 41.1 Å². The van der Waals surface area contributed by atoms with Gasteiger partial charge in [-0.05, 0) is 12.5 Å². The second-order valence-electron chi connectivity index (χ2n) is 2.69. The maximum atomic E-state index is 5.92. The minimum absolute atomic E-state index is 0.180. The van der Waals surface area contributed by atoms with Gasteiger partial charge in [0.1, 0.15) is 10.0 Å². The number of para-hydroxylation sites is 1. The highest BCUT2D eigenvalue weighted by Crippen LogP contribution is 2.33. The van der Waals surface area contributed by atoms with Crippen molar-refractivity contribution in [3.8, 4) is 5.75 Å². The molecule has 0 spiro atoms. The third-order valence-electron chi connectivity index (χ3n) is 1.62. The van der Waals surface area contributed by atoms with Gasteiger partial charge in [-0.25, -0.2) is 0 Å². The van der Waals surface area contributed by atoms with Gasteiger partial charge in [-0.2, -0.15) is 0 Å². The maximum Gasteiger partial charge on any atom is 0.124 e. The van der Waals surface area contributed by atoms with Crippen LogP contribution >= 0.6 is 27.5 Å². The molecule has 1 aromatic carbocycles. The minimum Gasteiger partial charge on any atom is -0.493 e. The molecule has 0 aromatic heterocycles. The Balaban J connectivity index is 2.78. The van der Waals surface area contributed by atoms with Crippen LogP contribution in [-0.2, 0) is 0 Å². The highest BCUT2D eigenvalue weighted by molar-refractivity contribution is 9.09. The molecule has 1 unspecified atom stereocenters. The molecular formula is C10H12BrClO. The lowest BCUT2D eigenvalue weighted by Crippen LogP contribution is -1.98. The monoisotopic (exact) mass is 262 g/mol. The van der Waals surface area contributed by atoms with Gasteiger partial charge in [0, 0.05) is 5.56 Å². The summed E-state index contributed by atoms with van der Waals surface area (Å²) in [7, 11) is 0. The first-order valence-corrected chi connectivity index (χ1v) is 5.60. The number of hydrogen-bond acceptors (Lipinski definition) is 1. The first-order chi connectivity index (χ1) is 6.25. The molecule has 72 valence electrons. The first-order valence-electron chi connectivity index (χ1n) is 4.25. The summed E-state index contributed by atoms with van der Waals surface area (Å²) in [5.74, 6) is 0.862. The van der Waals surface area contributed by atoms with E-state index in [1.165, 1.54) is 0 Å². The lowest BCUT2D eigenvalue weighted by atomic mass is 10.2. The van der Waals surface area contributed by atoms with E-state index in [2.05, 4.69) is 22.9 Å². The van der Waals surface area contributed by atoms with Crippen molar-refractivity contribution < 1.29 is 4.74 Å². The Bertz CT molecular complexity index is 263. The zero-order valence-corrected chi connectivity index (χ0v) is 9.81. The van der Waals surface area contributed by atoms with Crippen molar-refractivity contribution in [2.24, 2.45) is 0 Å². The van der Waals surface area contributed by atoms with Crippen LogP contribution in [0, 0.1) is 0 Å². The van der Waals surface area contributed by atoms with Crippen molar-refractivity contribution in [3.05, 3.63) is 29.8 Å². The van der Waals surface area contributed by atoms with Crippen LogP contribution in [0.1, 0.15) is 23.2 Å². The van der Waals surface area contributed by atoms with E-state index < -0.39 is 0 Å². The third-order valence-corrected chi connectivity index (χ3v) is 2.34. The van der Waals surface area contributed by atoms with Gasteiger partial charge >= 0.3 is 0 Å². The van der Waals surface area contributed by atoms with Crippen molar-refractivity contribution in [1.82, 2.24) is 0 Å². The summed E-state index contributed by atoms with van der Waals surface area (Å²) in [5.41, 5.74) is 0.984. The van der Waals surface area contributed by atoms with Crippen LogP contribution in [0.4, 0.5) is 0 Å². The Kier molecular flexibility index (Phi) is 4.60. The Morgan fingerprint density at radius 1 is 1.46 bits per heavy atom. The highest BCUT2D eigenvalue weighted by atomic mass is 79.9. The fourth-order valence-electron chi connectivity index (χ4n) is 1.00. The lowest BCUT2D eigenvalue weighted by Gasteiger charge is -2.10. The number of alkyl halides is 2. The van der Waals surface area contributed by atoms with Crippen LogP contribution in [0.25, 0.3) is 0 Å². The summed E-state index contributed by atoms with van der Waals surface area (Å²) in [4.78, 5) is 0. The first kappa shape index (κ1) is 10.9. The fourth-order valence-corrected chi connectivity index (χ4v) is 1.56. The van der Waals surface area contributed by atoms with Gasteiger partial charge in [0.05, 0.1) is 6.61 Å². The van der Waals surface area contributed by atoms with Crippen LogP contribution in [-0.4, -0.2) is 6.61 Å². The average molecular weight is 264 g/mol. The second-order valence-corrected chi connectivity index (χ2v) is 4.57. The zero-order chi connectivity index (χ0) is 9.68. The quantitative estimate of drug-likeness (QED) is 0.743. The average Bonchev–Trinajstić information content (AvgIpc) is 2.15. The molecule has 1 aromatic rings. The van der Waals surface area contributed by atoms with Gasteiger partial charge < -0.3 is 4.74 Å². The fraction of sp³-hybridized carbons (Fsp3) is 0.400. The van der Waals surface area contributed by atoms with Crippen molar-refractivity contribution in [3.63, 3.8) is 0 Å². The van der Waals surface area contributed by atoms with Crippen molar-refractivity contribution in [2.45, 2.75) is 17.6 Å². The standard InChI is InChI=1S/C10H12BrClO/c1-2-7-13-9-6-4-3-5-8(9)10(11)12/h3-6,10H,2,7H2,1H3. The number of halogens is 2. The molecule has 0 fully saturated rings. The van der Waals surface area contributed by atoms with Crippen LogP contribution < -0.4 is 4.74 Å². The molecule has 0 heterocycles. The lowest BCUT2D eigenvalue weighted by molar-refractivity contribution is 0.315. The second kappa shape index (κ2) is 5.51. The molecule has 1 atom stereocenters. The summed E-state index contributed by atoms with van der Waals surface area (Å²) in [6, 6.07) is 7.78. The minimum atomic E-state index is -0.180. The summed E-state index contributed by atoms with van der Waals surface area (Å²) in [6.07, 6.45) is 1.00. The molecule has 0 N–H and O–H groups in total. The predicted molar refractivity (Wildman–Crippen MR) is 59.7 cm³/mol. The van der Waals surface area contributed by atoms with Crippen LogP contribution in [0.5, 0.6) is 5.75 Å². The van der Waals surface area contributed by atoms with Gasteiger partial charge in [-0.3, -0.25) is 0 Å². The van der Waals surface area contributed by atoms with Crippen LogP contribution in [0.2, 0.25) is 0 Å². The normalized spacial score (nSPS) is 12.5. The van der Waals surface area contributed by atoms with Crippen LogP contribution in [0.15, 0.2) is 24.3 Å². The third kappa shape index (κ3) is 3.20.